The van der Waals surface area contributed by atoms with E-state index in [1.807, 2.05) is 0 Å². The Kier molecular flexibility index (Phi) is 42.2. The monoisotopic (exact) mass is 1030 g/mol. The van der Waals surface area contributed by atoms with Crippen molar-refractivity contribution in [3.05, 3.63) is 24.3 Å². The summed E-state index contributed by atoms with van der Waals surface area (Å²) in [6.07, 6.45) is 35.4. The summed E-state index contributed by atoms with van der Waals surface area (Å²) < 4.78 is 34.4. The molecule has 72 heavy (non-hydrogen) atoms. The van der Waals surface area contributed by atoms with Crippen LogP contribution in [-0.2, 0) is 33.2 Å². The highest BCUT2D eigenvalue weighted by Crippen LogP contribution is 2.27. The molecular weight excluding hydrogens is 921 g/mol. The molecule has 0 aromatic carbocycles. The molecule has 0 saturated carbocycles. The number of allylic oxidation sites excluding steroid dienone is 4. The molecule has 0 bridgehead atoms. The van der Waals surface area contributed by atoms with Crippen molar-refractivity contribution >= 4 is 5.97 Å². The Hall–Kier alpha value is -1.53. The van der Waals surface area contributed by atoms with Crippen molar-refractivity contribution in [1.29, 1.82) is 0 Å². The lowest BCUT2D eigenvalue weighted by Crippen LogP contribution is -2.61. The van der Waals surface area contributed by atoms with Crippen LogP contribution in [0.3, 0.4) is 0 Å². The molecule has 2 heterocycles. The summed E-state index contributed by atoms with van der Waals surface area (Å²) in [5.74, 6) is -0.386. The van der Waals surface area contributed by atoms with Crippen LogP contribution >= 0.6 is 0 Å². The summed E-state index contributed by atoms with van der Waals surface area (Å²) in [7, 11) is 0. The SMILES string of the molecule is CCCC/C=C\C/C=C\CCCCCCCC(=O)OC(COCCCCCCCCCCCCCCCCCCCCCCCCCC)COC1OC(COC2OC(CO)C(O)C(O)C2O)C(O)C(O)C1O. The fraction of sp³-hybridized carbons (Fsp3) is 0.914. The zero-order valence-corrected chi connectivity index (χ0v) is 45.4. The van der Waals surface area contributed by atoms with Crippen LogP contribution in [0.5, 0.6) is 0 Å². The van der Waals surface area contributed by atoms with E-state index in [0.29, 0.717) is 13.0 Å². The molecule has 0 aliphatic carbocycles. The Bertz CT molecular complexity index is 1290. The lowest BCUT2D eigenvalue weighted by Gasteiger charge is -2.42. The highest BCUT2D eigenvalue weighted by molar-refractivity contribution is 5.69. The first-order chi connectivity index (χ1) is 35.1. The first kappa shape index (κ1) is 66.6. The standard InChI is InChI=1S/C58H108O14/c1-3-5-7-9-11-13-15-17-19-20-21-22-23-24-25-26-27-28-30-32-34-36-38-40-42-67-44-47(70-50(60)41-39-37-35-33-31-29-18-16-14-12-10-8-6-4-2)45-68-57-56(66)54(64)52(62)49(72-57)46-69-58-55(65)53(63)51(61)48(43-59)71-58/h10,12,16,18,47-49,51-59,61-66H,3-9,11,13-15,17,19-46H2,1-2H3/b12-10-,18-16-. The average molecular weight is 1030 g/mol. The second kappa shape index (κ2) is 45.6. The van der Waals surface area contributed by atoms with Crippen LogP contribution in [0.4, 0.5) is 0 Å². The van der Waals surface area contributed by atoms with E-state index in [1.54, 1.807) is 0 Å². The van der Waals surface area contributed by atoms with Crippen molar-refractivity contribution in [2.75, 3.05) is 33.0 Å². The van der Waals surface area contributed by atoms with Gasteiger partial charge in [-0.15, -0.1) is 0 Å². The molecule has 0 radical (unpaired) electrons. The zero-order chi connectivity index (χ0) is 52.3. The minimum atomic E-state index is -1.71. The maximum absolute atomic E-state index is 13.0. The molecule has 2 saturated heterocycles. The van der Waals surface area contributed by atoms with Crippen molar-refractivity contribution in [3.8, 4) is 0 Å². The van der Waals surface area contributed by atoms with Gasteiger partial charge in [0, 0.05) is 13.0 Å². The summed E-state index contributed by atoms with van der Waals surface area (Å²) in [6, 6.07) is 0. The molecule has 0 aromatic rings. The van der Waals surface area contributed by atoms with Crippen LogP contribution < -0.4 is 0 Å². The molecule has 424 valence electrons. The van der Waals surface area contributed by atoms with E-state index < -0.39 is 80.7 Å². The number of unbranched alkanes of at least 4 members (excludes halogenated alkanes) is 30. The average Bonchev–Trinajstić information content (AvgIpc) is 3.38. The van der Waals surface area contributed by atoms with Gasteiger partial charge in [-0.05, 0) is 38.5 Å². The van der Waals surface area contributed by atoms with Gasteiger partial charge in [0.25, 0.3) is 0 Å². The highest BCUT2D eigenvalue weighted by Gasteiger charge is 2.47. The van der Waals surface area contributed by atoms with Crippen molar-refractivity contribution in [1.82, 2.24) is 0 Å². The molecule has 0 amide bonds. The Balaban J connectivity index is 1.68. The predicted molar refractivity (Wildman–Crippen MR) is 284 cm³/mol. The van der Waals surface area contributed by atoms with Gasteiger partial charge in [-0.3, -0.25) is 4.79 Å². The van der Waals surface area contributed by atoms with Gasteiger partial charge in [0.15, 0.2) is 12.6 Å². The Morgan fingerprint density at radius 2 is 0.875 bits per heavy atom. The molecule has 2 aliphatic heterocycles. The molecule has 0 spiro atoms. The quantitative estimate of drug-likeness (QED) is 0.0172. The first-order valence-corrected chi connectivity index (χ1v) is 29.4. The molecule has 2 rings (SSSR count). The summed E-state index contributed by atoms with van der Waals surface area (Å²) in [6.45, 7) is 3.67. The van der Waals surface area contributed by atoms with Gasteiger partial charge in [0.2, 0.25) is 0 Å². The maximum Gasteiger partial charge on any atom is 0.306 e. The fourth-order valence-electron chi connectivity index (χ4n) is 9.42. The van der Waals surface area contributed by atoms with E-state index >= 15 is 0 Å². The number of ether oxygens (including phenoxy) is 6. The first-order valence-electron chi connectivity index (χ1n) is 29.4. The minimum Gasteiger partial charge on any atom is -0.457 e. The molecule has 14 heteroatoms. The third-order valence-electron chi connectivity index (χ3n) is 14.2. The van der Waals surface area contributed by atoms with Gasteiger partial charge >= 0.3 is 5.97 Å². The summed E-state index contributed by atoms with van der Waals surface area (Å²) >= 11 is 0. The smallest absolute Gasteiger partial charge is 0.306 e. The molecular formula is C58H108O14. The number of esters is 1. The second-order valence-corrected chi connectivity index (χ2v) is 20.8. The van der Waals surface area contributed by atoms with Crippen molar-refractivity contribution < 1.29 is 69.0 Å². The maximum atomic E-state index is 13.0. The third-order valence-corrected chi connectivity index (χ3v) is 14.2. The molecule has 2 fully saturated rings. The number of hydrogen-bond donors (Lipinski definition) is 7. The molecule has 2 aliphatic rings. The Morgan fingerprint density at radius 1 is 0.458 bits per heavy atom. The number of carbonyl (C=O) groups is 1. The van der Waals surface area contributed by atoms with Crippen LogP contribution in [0.25, 0.3) is 0 Å². The van der Waals surface area contributed by atoms with Crippen molar-refractivity contribution in [2.24, 2.45) is 0 Å². The fourth-order valence-corrected chi connectivity index (χ4v) is 9.42. The zero-order valence-electron chi connectivity index (χ0n) is 45.4. The number of rotatable bonds is 48. The van der Waals surface area contributed by atoms with E-state index in [4.69, 9.17) is 28.4 Å². The summed E-state index contributed by atoms with van der Waals surface area (Å²) in [5.41, 5.74) is 0. The summed E-state index contributed by atoms with van der Waals surface area (Å²) in [5, 5.41) is 72.3. The number of aliphatic hydroxyl groups is 7. The van der Waals surface area contributed by atoms with Crippen LogP contribution in [0, 0.1) is 0 Å². The van der Waals surface area contributed by atoms with E-state index in [1.165, 1.54) is 148 Å². The number of carbonyl (C=O) groups excluding carboxylic acids is 1. The molecule has 11 atom stereocenters. The lowest BCUT2D eigenvalue weighted by molar-refractivity contribution is -0.332. The van der Waals surface area contributed by atoms with Gasteiger partial charge < -0.3 is 64.2 Å². The predicted octanol–water partition coefficient (Wildman–Crippen LogP) is 10.4. The normalized spacial score (nSPS) is 25.2. The Morgan fingerprint density at radius 3 is 1.38 bits per heavy atom. The van der Waals surface area contributed by atoms with Gasteiger partial charge in [-0.25, -0.2) is 0 Å². The van der Waals surface area contributed by atoms with Crippen LogP contribution in [-0.4, -0.2) is 142 Å². The molecule has 0 aromatic heterocycles. The van der Waals surface area contributed by atoms with E-state index in [0.717, 1.165) is 64.2 Å². The van der Waals surface area contributed by atoms with Crippen molar-refractivity contribution in [2.45, 2.75) is 306 Å². The van der Waals surface area contributed by atoms with Gasteiger partial charge in [0.05, 0.1) is 26.4 Å². The van der Waals surface area contributed by atoms with Crippen LogP contribution in [0.2, 0.25) is 0 Å². The third kappa shape index (κ3) is 32.1. The van der Waals surface area contributed by atoms with Crippen molar-refractivity contribution in [3.63, 3.8) is 0 Å². The molecule has 7 N–H and O–H groups in total. The number of aliphatic hydroxyl groups excluding tert-OH is 7. The van der Waals surface area contributed by atoms with E-state index in [2.05, 4.69) is 38.2 Å². The van der Waals surface area contributed by atoms with Crippen LogP contribution in [0.1, 0.15) is 239 Å². The number of hydrogen-bond acceptors (Lipinski definition) is 14. The topological polar surface area (TPSA) is 214 Å². The van der Waals surface area contributed by atoms with E-state index in [-0.39, 0.29) is 25.6 Å². The lowest BCUT2D eigenvalue weighted by atomic mass is 9.98. The van der Waals surface area contributed by atoms with Gasteiger partial charge in [0.1, 0.15) is 54.9 Å². The highest BCUT2D eigenvalue weighted by atomic mass is 16.7. The summed E-state index contributed by atoms with van der Waals surface area (Å²) in [4.78, 5) is 13.0. The van der Waals surface area contributed by atoms with E-state index in [9.17, 15) is 40.5 Å². The Labute approximate surface area is 437 Å². The second-order valence-electron chi connectivity index (χ2n) is 20.8. The largest absolute Gasteiger partial charge is 0.457 e. The minimum absolute atomic E-state index is 0.0603. The molecule has 14 nitrogen and oxygen atoms in total. The van der Waals surface area contributed by atoms with Crippen LogP contribution in [0.15, 0.2) is 24.3 Å². The molecule has 11 unspecified atom stereocenters. The van der Waals surface area contributed by atoms with Gasteiger partial charge in [-0.1, -0.05) is 218 Å². The van der Waals surface area contributed by atoms with Gasteiger partial charge in [-0.2, -0.15) is 0 Å².